The van der Waals surface area contributed by atoms with E-state index in [2.05, 4.69) is 81.5 Å². The van der Waals surface area contributed by atoms with E-state index in [-0.39, 0.29) is 31.1 Å². The molecule has 0 spiro atoms. The van der Waals surface area contributed by atoms with Crippen LogP contribution in [0.3, 0.4) is 0 Å². The molecule has 0 aromatic carbocycles. The van der Waals surface area contributed by atoms with E-state index in [9.17, 15) is 14.4 Å². The van der Waals surface area contributed by atoms with Gasteiger partial charge in [-0.25, -0.2) is 0 Å². The SMILES string of the molecule is CC/C=C\C/C=C\C/C=C\C/C=C\CCCCCCCCC(=O)OC(COC(=O)CCCCCCCCCCC/C=C\CCCCCCCCCC)COC(=O)CCCCCCCCCCCCCCCCCC. The Labute approximate surface area is 460 Å². The summed E-state index contributed by atoms with van der Waals surface area (Å²) in [6.45, 7) is 6.57. The fourth-order valence-electron chi connectivity index (χ4n) is 9.43. The van der Waals surface area contributed by atoms with Crippen LogP contribution in [0.15, 0.2) is 60.8 Å². The van der Waals surface area contributed by atoms with Gasteiger partial charge in [0.05, 0.1) is 0 Å². The summed E-state index contributed by atoms with van der Waals surface area (Å²) in [6, 6.07) is 0. The van der Waals surface area contributed by atoms with Crippen molar-refractivity contribution >= 4 is 17.9 Å². The standard InChI is InChI=1S/C68H122O6/c1-4-7-10-13-16-19-22-25-28-31-33-34-36-37-40-43-46-49-52-55-58-61-67(70)73-64-65(63-72-66(69)60-57-54-51-48-45-42-39-30-27-24-21-18-15-12-9-6-3)74-68(71)62-59-56-53-50-47-44-41-38-35-32-29-26-23-20-17-14-11-8-5-2/h8,11,17,20,26,29,31,33,35,38,65H,4-7,9-10,12-16,18-19,21-25,27-28,30,32,34,36-37,39-64H2,1-3H3/b11-8-,20-17-,29-26-,33-31-,38-35-. The van der Waals surface area contributed by atoms with Crippen LogP contribution in [0.1, 0.15) is 335 Å². The maximum atomic E-state index is 12.9. The van der Waals surface area contributed by atoms with Crippen LogP contribution in [0, 0.1) is 0 Å². The van der Waals surface area contributed by atoms with Crippen molar-refractivity contribution in [1.82, 2.24) is 0 Å². The zero-order valence-electron chi connectivity index (χ0n) is 49.4. The number of allylic oxidation sites excluding steroid dienone is 10. The molecule has 0 aliphatic carbocycles. The number of hydrogen-bond acceptors (Lipinski definition) is 6. The number of rotatable bonds is 59. The summed E-state index contributed by atoms with van der Waals surface area (Å²) < 4.78 is 16.9. The first kappa shape index (κ1) is 71.1. The summed E-state index contributed by atoms with van der Waals surface area (Å²) in [4.78, 5) is 38.3. The van der Waals surface area contributed by atoms with Crippen LogP contribution in [-0.4, -0.2) is 37.2 Å². The van der Waals surface area contributed by atoms with Gasteiger partial charge in [0.1, 0.15) is 13.2 Å². The fraction of sp³-hybridized carbons (Fsp3) is 0.809. The molecule has 0 radical (unpaired) electrons. The van der Waals surface area contributed by atoms with E-state index in [1.54, 1.807) is 0 Å². The van der Waals surface area contributed by atoms with Gasteiger partial charge < -0.3 is 14.2 Å². The number of unbranched alkanes of at least 4 members (excludes halogenated alkanes) is 38. The summed E-state index contributed by atoms with van der Waals surface area (Å²) >= 11 is 0. The molecule has 74 heavy (non-hydrogen) atoms. The van der Waals surface area contributed by atoms with Gasteiger partial charge in [-0.3, -0.25) is 14.4 Å². The lowest BCUT2D eigenvalue weighted by Gasteiger charge is -2.18. The fourth-order valence-corrected chi connectivity index (χ4v) is 9.43. The van der Waals surface area contributed by atoms with Crippen molar-refractivity contribution in [2.24, 2.45) is 0 Å². The molecule has 0 aliphatic rings. The molecule has 1 unspecified atom stereocenters. The lowest BCUT2D eigenvalue weighted by molar-refractivity contribution is -0.167. The third-order valence-corrected chi connectivity index (χ3v) is 14.3. The van der Waals surface area contributed by atoms with Crippen LogP contribution in [0.25, 0.3) is 0 Å². The minimum absolute atomic E-state index is 0.0773. The highest BCUT2D eigenvalue weighted by Crippen LogP contribution is 2.17. The van der Waals surface area contributed by atoms with Gasteiger partial charge in [-0.1, -0.05) is 293 Å². The third kappa shape index (κ3) is 60.0. The zero-order chi connectivity index (χ0) is 53.6. The first-order valence-corrected chi connectivity index (χ1v) is 32.3. The summed E-state index contributed by atoms with van der Waals surface area (Å²) in [5.74, 6) is -0.874. The average molecular weight is 1040 g/mol. The van der Waals surface area contributed by atoms with E-state index in [0.717, 1.165) is 96.3 Å². The Kier molecular flexibility index (Phi) is 60.2. The Balaban J connectivity index is 4.36. The van der Waals surface area contributed by atoms with Crippen LogP contribution in [-0.2, 0) is 28.6 Å². The lowest BCUT2D eigenvalue weighted by Crippen LogP contribution is -2.30. The highest BCUT2D eigenvalue weighted by atomic mass is 16.6. The molecule has 6 nitrogen and oxygen atoms in total. The zero-order valence-corrected chi connectivity index (χ0v) is 49.4. The molecule has 0 amide bonds. The molecule has 0 aromatic rings. The molecule has 0 heterocycles. The van der Waals surface area contributed by atoms with Gasteiger partial charge in [-0.15, -0.1) is 0 Å². The van der Waals surface area contributed by atoms with Gasteiger partial charge >= 0.3 is 17.9 Å². The number of ether oxygens (including phenoxy) is 3. The molecule has 430 valence electrons. The smallest absolute Gasteiger partial charge is 0.306 e. The first-order valence-electron chi connectivity index (χ1n) is 32.3. The second-order valence-electron chi connectivity index (χ2n) is 21.6. The molecule has 0 saturated carbocycles. The van der Waals surface area contributed by atoms with Crippen LogP contribution in [0.2, 0.25) is 0 Å². The summed E-state index contributed by atoms with van der Waals surface area (Å²) in [5, 5.41) is 0. The Bertz CT molecular complexity index is 1330. The van der Waals surface area contributed by atoms with Crippen molar-refractivity contribution in [3.8, 4) is 0 Å². The van der Waals surface area contributed by atoms with E-state index < -0.39 is 6.10 Å². The first-order chi connectivity index (χ1) is 36.5. The van der Waals surface area contributed by atoms with Gasteiger partial charge in [-0.2, -0.15) is 0 Å². The Hall–Kier alpha value is -2.89. The lowest BCUT2D eigenvalue weighted by atomic mass is 10.0. The number of carbonyl (C=O) groups excluding carboxylic acids is 3. The normalized spacial score (nSPS) is 12.4. The monoisotopic (exact) mass is 1030 g/mol. The van der Waals surface area contributed by atoms with Crippen LogP contribution in [0.4, 0.5) is 0 Å². The number of hydrogen-bond donors (Lipinski definition) is 0. The van der Waals surface area contributed by atoms with E-state index in [1.165, 1.54) is 199 Å². The van der Waals surface area contributed by atoms with Crippen molar-refractivity contribution in [3.05, 3.63) is 60.8 Å². The summed E-state index contributed by atoms with van der Waals surface area (Å²) in [6.07, 6.45) is 79.4. The second-order valence-corrected chi connectivity index (χ2v) is 21.6. The predicted molar refractivity (Wildman–Crippen MR) is 321 cm³/mol. The highest BCUT2D eigenvalue weighted by molar-refractivity contribution is 5.71. The van der Waals surface area contributed by atoms with Crippen molar-refractivity contribution in [2.75, 3.05) is 13.2 Å². The Morgan fingerprint density at radius 3 is 0.838 bits per heavy atom. The van der Waals surface area contributed by atoms with Gasteiger partial charge in [0.25, 0.3) is 0 Å². The number of carbonyl (C=O) groups is 3. The second kappa shape index (κ2) is 62.6. The molecule has 6 heteroatoms. The summed E-state index contributed by atoms with van der Waals surface area (Å²) in [7, 11) is 0. The molecule has 0 saturated heterocycles. The van der Waals surface area contributed by atoms with Crippen molar-refractivity contribution in [2.45, 2.75) is 341 Å². The third-order valence-electron chi connectivity index (χ3n) is 14.3. The molecule has 0 aliphatic heterocycles. The maximum Gasteiger partial charge on any atom is 0.306 e. The molecule has 0 fully saturated rings. The van der Waals surface area contributed by atoms with Crippen LogP contribution in [0.5, 0.6) is 0 Å². The minimum Gasteiger partial charge on any atom is -0.462 e. The van der Waals surface area contributed by atoms with Crippen LogP contribution >= 0.6 is 0 Å². The Morgan fingerprint density at radius 2 is 0.527 bits per heavy atom. The van der Waals surface area contributed by atoms with Crippen molar-refractivity contribution < 1.29 is 28.6 Å². The Morgan fingerprint density at radius 1 is 0.284 bits per heavy atom. The number of esters is 3. The van der Waals surface area contributed by atoms with Gasteiger partial charge in [0.15, 0.2) is 6.10 Å². The van der Waals surface area contributed by atoms with Gasteiger partial charge in [0, 0.05) is 19.3 Å². The van der Waals surface area contributed by atoms with Gasteiger partial charge in [-0.05, 0) is 83.5 Å². The highest BCUT2D eigenvalue weighted by Gasteiger charge is 2.19. The molecule has 1 atom stereocenters. The molecule has 0 N–H and O–H groups in total. The molecule has 0 rings (SSSR count). The van der Waals surface area contributed by atoms with E-state index in [0.29, 0.717) is 19.3 Å². The maximum absolute atomic E-state index is 12.9. The minimum atomic E-state index is -0.782. The van der Waals surface area contributed by atoms with Gasteiger partial charge in [0.2, 0.25) is 0 Å². The van der Waals surface area contributed by atoms with Crippen LogP contribution < -0.4 is 0 Å². The van der Waals surface area contributed by atoms with E-state index in [4.69, 9.17) is 14.2 Å². The van der Waals surface area contributed by atoms with E-state index >= 15 is 0 Å². The molecular weight excluding hydrogens is 913 g/mol. The van der Waals surface area contributed by atoms with Crippen molar-refractivity contribution in [1.29, 1.82) is 0 Å². The summed E-state index contributed by atoms with van der Waals surface area (Å²) in [5.41, 5.74) is 0. The van der Waals surface area contributed by atoms with E-state index in [1.807, 2.05) is 0 Å². The van der Waals surface area contributed by atoms with Crippen molar-refractivity contribution in [3.63, 3.8) is 0 Å². The molecular formula is C68H122O6. The molecule has 0 aromatic heterocycles. The quantitative estimate of drug-likeness (QED) is 0.0261. The topological polar surface area (TPSA) is 78.9 Å². The predicted octanol–water partition coefficient (Wildman–Crippen LogP) is 21.9. The average Bonchev–Trinajstić information content (AvgIpc) is 3.40. The largest absolute Gasteiger partial charge is 0.462 e. The molecule has 0 bridgehead atoms.